The Balaban J connectivity index is 1.72. The topological polar surface area (TPSA) is 81.4 Å². The van der Waals surface area contributed by atoms with Gasteiger partial charge in [-0.15, -0.1) is 0 Å². The van der Waals surface area contributed by atoms with E-state index in [9.17, 15) is 4.39 Å². The van der Waals surface area contributed by atoms with E-state index in [0.29, 0.717) is 23.5 Å². The van der Waals surface area contributed by atoms with Crippen molar-refractivity contribution in [1.82, 2.24) is 14.8 Å². The summed E-state index contributed by atoms with van der Waals surface area (Å²) in [5, 5.41) is 17.6. The number of nitrogens with zero attached hydrogens (tertiary/aromatic N) is 3. The Morgan fingerprint density at radius 1 is 1.37 bits per heavy atom. The third-order valence-electron chi connectivity index (χ3n) is 4.66. The van der Waals surface area contributed by atoms with E-state index >= 15 is 0 Å². The molecule has 1 fully saturated rings. The number of benzene rings is 1. The molecular weight excluding hydrogens is 351 g/mol. The number of fused-ring (bicyclic) bond motifs is 1. The number of nitrogens with one attached hydrogen (secondary N) is 1. The van der Waals surface area contributed by atoms with Crippen molar-refractivity contribution in [3.63, 3.8) is 0 Å². The molecular formula is C19H21FN4O3. The number of rotatable bonds is 6. The molecule has 1 unspecified atom stereocenters. The number of aliphatic hydroxyl groups is 1. The molecule has 3 aromatic rings. The van der Waals surface area contributed by atoms with Crippen molar-refractivity contribution in [3.05, 3.63) is 48.0 Å². The Labute approximate surface area is 155 Å². The van der Waals surface area contributed by atoms with E-state index in [1.807, 2.05) is 4.68 Å². The molecule has 2 aromatic heterocycles. The first-order valence-electron chi connectivity index (χ1n) is 8.90. The van der Waals surface area contributed by atoms with Gasteiger partial charge in [-0.3, -0.25) is 9.67 Å². The highest BCUT2D eigenvalue weighted by molar-refractivity contribution is 5.92. The van der Waals surface area contributed by atoms with Crippen LogP contribution in [0, 0.1) is 5.82 Å². The van der Waals surface area contributed by atoms with Crippen molar-refractivity contribution in [2.24, 2.45) is 0 Å². The lowest BCUT2D eigenvalue weighted by Gasteiger charge is -2.23. The maximum Gasteiger partial charge on any atom is 0.160 e. The molecule has 0 aliphatic carbocycles. The summed E-state index contributed by atoms with van der Waals surface area (Å²) in [4.78, 5) is 4.13. The zero-order valence-electron chi connectivity index (χ0n) is 14.8. The first kappa shape index (κ1) is 17.8. The predicted molar refractivity (Wildman–Crippen MR) is 98.2 cm³/mol. The van der Waals surface area contributed by atoms with Gasteiger partial charge in [0.2, 0.25) is 0 Å². The molecule has 3 heterocycles. The number of anilines is 2. The van der Waals surface area contributed by atoms with Crippen molar-refractivity contribution < 1.29 is 19.0 Å². The summed E-state index contributed by atoms with van der Waals surface area (Å²) in [6.07, 6.45) is 5.25. The van der Waals surface area contributed by atoms with E-state index in [1.165, 1.54) is 12.1 Å². The molecule has 0 bridgehead atoms. The van der Waals surface area contributed by atoms with Gasteiger partial charge < -0.3 is 19.9 Å². The van der Waals surface area contributed by atoms with Crippen molar-refractivity contribution in [2.75, 3.05) is 25.3 Å². The van der Waals surface area contributed by atoms with Crippen LogP contribution in [0.15, 0.2) is 36.7 Å². The minimum atomic E-state index is -0.369. The van der Waals surface area contributed by atoms with Gasteiger partial charge in [-0.2, -0.15) is 5.10 Å². The molecule has 27 heavy (non-hydrogen) atoms. The monoisotopic (exact) mass is 372 g/mol. The molecule has 1 saturated heterocycles. The maximum absolute atomic E-state index is 13.9. The van der Waals surface area contributed by atoms with Gasteiger partial charge in [0.05, 0.1) is 36.7 Å². The predicted octanol–water partition coefficient (Wildman–Crippen LogP) is 3.13. The summed E-state index contributed by atoms with van der Waals surface area (Å²) in [6, 6.07) is 6.58. The van der Waals surface area contributed by atoms with E-state index < -0.39 is 0 Å². The Hall–Kier alpha value is -2.55. The van der Waals surface area contributed by atoms with Crippen LogP contribution in [0.3, 0.4) is 0 Å². The Bertz CT molecular complexity index is 924. The fraction of sp³-hybridized carbons (Fsp3) is 0.368. The van der Waals surface area contributed by atoms with Gasteiger partial charge in [0, 0.05) is 23.8 Å². The number of ether oxygens (including phenoxy) is 2. The van der Waals surface area contributed by atoms with Crippen LogP contribution in [0.2, 0.25) is 0 Å². The lowest BCUT2D eigenvalue weighted by molar-refractivity contribution is -0.0110. The fourth-order valence-corrected chi connectivity index (χ4v) is 3.35. The Kier molecular flexibility index (Phi) is 5.28. The van der Waals surface area contributed by atoms with Crippen molar-refractivity contribution in [3.8, 4) is 0 Å². The summed E-state index contributed by atoms with van der Waals surface area (Å²) in [5.41, 5.74) is 2.37. The molecule has 8 heteroatoms. The van der Waals surface area contributed by atoms with E-state index in [2.05, 4.69) is 10.3 Å². The number of halogens is 1. The SMILES string of the molecule is OCOCc1ccncc1Nc1nn(C2CCCOC2)c2ccc(F)cc12. The molecule has 1 atom stereocenters. The molecule has 1 aliphatic heterocycles. The first-order valence-corrected chi connectivity index (χ1v) is 8.90. The maximum atomic E-state index is 13.9. The molecule has 4 rings (SSSR count). The summed E-state index contributed by atoms with van der Waals surface area (Å²) in [6.45, 7) is 1.21. The van der Waals surface area contributed by atoms with Crippen LogP contribution in [0.1, 0.15) is 24.4 Å². The van der Waals surface area contributed by atoms with Gasteiger partial charge in [0.1, 0.15) is 12.6 Å². The highest BCUT2D eigenvalue weighted by Gasteiger charge is 2.21. The summed E-state index contributed by atoms with van der Waals surface area (Å²) >= 11 is 0. The number of pyridine rings is 1. The minimum absolute atomic E-state index is 0.119. The molecule has 2 N–H and O–H groups in total. The largest absolute Gasteiger partial charge is 0.379 e. The van der Waals surface area contributed by atoms with Crippen LogP contribution in [-0.2, 0) is 16.1 Å². The van der Waals surface area contributed by atoms with Crippen LogP contribution >= 0.6 is 0 Å². The lowest BCUT2D eigenvalue weighted by Crippen LogP contribution is -2.22. The number of hydrogen-bond acceptors (Lipinski definition) is 6. The van der Waals surface area contributed by atoms with E-state index in [-0.39, 0.29) is 25.3 Å². The second-order valence-corrected chi connectivity index (χ2v) is 6.46. The van der Waals surface area contributed by atoms with Gasteiger partial charge in [0.15, 0.2) is 5.82 Å². The normalized spacial score (nSPS) is 17.3. The lowest BCUT2D eigenvalue weighted by atomic mass is 10.1. The molecule has 1 aliphatic rings. The Morgan fingerprint density at radius 2 is 2.30 bits per heavy atom. The highest BCUT2D eigenvalue weighted by Crippen LogP contribution is 2.32. The standard InChI is InChI=1S/C19H21FN4O3/c20-14-3-4-18-16(8-14)19(23-24(18)15-2-1-7-26-11-15)22-17-9-21-6-5-13(17)10-27-12-25/h3-6,8-9,15,25H,1-2,7,10-12H2,(H,22,23). The second kappa shape index (κ2) is 7.99. The quantitative estimate of drug-likeness (QED) is 0.647. The van der Waals surface area contributed by atoms with Gasteiger partial charge in [-0.1, -0.05) is 0 Å². The fourth-order valence-electron chi connectivity index (χ4n) is 3.35. The molecule has 0 amide bonds. The van der Waals surface area contributed by atoms with Gasteiger partial charge >= 0.3 is 0 Å². The van der Waals surface area contributed by atoms with Gasteiger partial charge in [-0.05, 0) is 37.1 Å². The van der Waals surface area contributed by atoms with E-state index in [0.717, 1.165) is 30.5 Å². The van der Waals surface area contributed by atoms with Gasteiger partial charge in [-0.25, -0.2) is 4.39 Å². The molecule has 7 nitrogen and oxygen atoms in total. The molecule has 142 valence electrons. The first-order chi connectivity index (χ1) is 13.3. The minimum Gasteiger partial charge on any atom is -0.379 e. The average Bonchev–Trinajstić information content (AvgIpc) is 3.05. The number of aromatic nitrogens is 3. The van der Waals surface area contributed by atoms with Crippen LogP contribution in [0.4, 0.5) is 15.9 Å². The molecule has 1 aromatic carbocycles. The van der Waals surface area contributed by atoms with Crippen LogP contribution in [-0.4, -0.2) is 39.9 Å². The van der Waals surface area contributed by atoms with Crippen LogP contribution in [0.25, 0.3) is 10.9 Å². The van der Waals surface area contributed by atoms with Gasteiger partial charge in [0.25, 0.3) is 0 Å². The summed E-state index contributed by atoms with van der Waals surface area (Å²) < 4.78 is 26.5. The number of aliphatic hydroxyl groups excluding tert-OH is 1. The third-order valence-corrected chi connectivity index (χ3v) is 4.66. The third kappa shape index (κ3) is 3.78. The smallest absolute Gasteiger partial charge is 0.160 e. The number of hydrogen-bond donors (Lipinski definition) is 2. The zero-order chi connectivity index (χ0) is 18.6. The zero-order valence-corrected chi connectivity index (χ0v) is 14.8. The summed E-state index contributed by atoms with van der Waals surface area (Å²) in [7, 11) is 0. The summed E-state index contributed by atoms with van der Waals surface area (Å²) in [5.74, 6) is 0.230. The van der Waals surface area contributed by atoms with Crippen molar-refractivity contribution in [1.29, 1.82) is 0 Å². The van der Waals surface area contributed by atoms with E-state index in [1.54, 1.807) is 24.5 Å². The van der Waals surface area contributed by atoms with E-state index in [4.69, 9.17) is 19.7 Å². The second-order valence-electron chi connectivity index (χ2n) is 6.46. The molecule has 0 spiro atoms. The Morgan fingerprint density at radius 3 is 3.11 bits per heavy atom. The average molecular weight is 372 g/mol. The highest BCUT2D eigenvalue weighted by atomic mass is 19.1. The van der Waals surface area contributed by atoms with Crippen molar-refractivity contribution >= 4 is 22.4 Å². The van der Waals surface area contributed by atoms with Crippen LogP contribution in [0.5, 0.6) is 0 Å². The van der Waals surface area contributed by atoms with Crippen LogP contribution < -0.4 is 5.32 Å². The molecule has 0 radical (unpaired) electrons. The van der Waals surface area contributed by atoms with Crippen molar-refractivity contribution in [2.45, 2.75) is 25.5 Å². The molecule has 0 saturated carbocycles.